The van der Waals surface area contributed by atoms with Gasteiger partial charge < -0.3 is 10.8 Å². The van der Waals surface area contributed by atoms with Crippen molar-refractivity contribution in [2.24, 2.45) is 5.73 Å². The van der Waals surface area contributed by atoms with Crippen LogP contribution in [0.15, 0.2) is 24.3 Å². The van der Waals surface area contributed by atoms with Gasteiger partial charge in [0.1, 0.15) is 0 Å². The number of nitrogens with two attached hydrogens (primary N) is 1. The fourth-order valence-electron chi connectivity index (χ4n) is 2.10. The van der Waals surface area contributed by atoms with Gasteiger partial charge in [0.15, 0.2) is 0 Å². The van der Waals surface area contributed by atoms with Crippen molar-refractivity contribution in [3.63, 3.8) is 0 Å². The number of hydrogen-bond donors (Lipinski definition) is 2. The molecule has 0 heterocycles. The summed E-state index contributed by atoms with van der Waals surface area (Å²) in [6, 6.07) is 8.55. The van der Waals surface area contributed by atoms with E-state index >= 15 is 0 Å². The molecule has 0 amide bonds. The van der Waals surface area contributed by atoms with E-state index in [-0.39, 0.29) is 11.5 Å². The molecule has 1 aromatic rings. The highest BCUT2D eigenvalue weighted by atomic mass is 16.3. The quantitative estimate of drug-likeness (QED) is 0.784. The second-order valence-corrected chi connectivity index (χ2v) is 4.73. The Labute approximate surface area is 91.1 Å². The Morgan fingerprint density at radius 2 is 1.93 bits per heavy atom. The molecule has 0 bridgehead atoms. The summed E-state index contributed by atoms with van der Waals surface area (Å²) >= 11 is 0. The third kappa shape index (κ3) is 2.21. The summed E-state index contributed by atoms with van der Waals surface area (Å²) in [6.45, 7) is 2.57. The Hall–Kier alpha value is -0.860. The topological polar surface area (TPSA) is 46.2 Å². The van der Waals surface area contributed by atoms with E-state index in [0.717, 1.165) is 13.0 Å². The highest BCUT2D eigenvalue weighted by Crippen LogP contribution is 2.47. The molecular formula is C13H19NO. The van der Waals surface area contributed by atoms with E-state index in [4.69, 9.17) is 5.73 Å². The Morgan fingerprint density at radius 1 is 1.33 bits per heavy atom. The van der Waals surface area contributed by atoms with Gasteiger partial charge in [0.2, 0.25) is 0 Å². The van der Waals surface area contributed by atoms with E-state index < -0.39 is 0 Å². The molecule has 0 radical (unpaired) electrons. The molecule has 1 aliphatic rings. The Morgan fingerprint density at radius 3 is 2.33 bits per heavy atom. The summed E-state index contributed by atoms with van der Waals surface area (Å²) in [7, 11) is 0. The smallest absolute Gasteiger partial charge is 0.0552 e. The molecule has 82 valence electrons. The molecule has 1 unspecified atom stereocenters. The van der Waals surface area contributed by atoms with Crippen LogP contribution >= 0.6 is 0 Å². The van der Waals surface area contributed by atoms with Crippen molar-refractivity contribution in [2.75, 3.05) is 6.54 Å². The third-order valence-electron chi connectivity index (χ3n) is 3.34. The van der Waals surface area contributed by atoms with Crippen LogP contribution in [0.5, 0.6) is 0 Å². The van der Waals surface area contributed by atoms with Gasteiger partial charge in [-0.15, -0.1) is 0 Å². The first-order valence-corrected chi connectivity index (χ1v) is 5.64. The minimum absolute atomic E-state index is 0.264. The normalized spacial score (nSPS) is 19.9. The summed E-state index contributed by atoms with van der Waals surface area (Å²) in [6.07, 6.45) is 2.91. The highest BCUT2D eigenvalue weighted by molar-refractivity contribution is 5.34. The number of rotatable bonds is 4. The Balaban J connectivity index is 2.10. The second kappa shape index (κ2) is 3.95. The van der Waals surface area contributed by atoms with Crippen LogP contribution in [0.1, 0.15) is 30.9 Å². The zero-order chi connectivity index (χ0) is 10.9. The molecule has 1 fully saturated rings. The lowest BCUT2D eigenvalue weighted by atomic mass is 9.94. The zero-order valence-electron chi connectivity index (χ0n) is 9.24. The number of benzene rings is 1. The summed E-state index contributed by atoms with van der Waals surface area (Å²) < 4.78 is 0. The first-order valence-electron chi connectivity index (χ1n) is 5.64. The molecule has 1 aromatic carbocycles. The maximum atomic E-state index is 9.27. The van der Waals surface area contributed by atoms with Crippen LogP contribution in [0.4, 0.5) is 0 Å². The van der Waals surface area contributed by atoms with Gasteiger partial charge in [0.05, 0.1) is 6.10 Å². The predicted octanol–water partition coefficient (Wildman–Crippen LogP) is 1.60. The molecule has 1 atom stereocenters. The van der Waals surface area contributed by atoms with Crippen LogP contribution in [-0.4, -0.2) is 17.8 Å². The van der Waals surface area contributed by atoms with Crippen molar-refractivity contribution in [2.45, 2.75) is 37.7 Å². The minimum atomic E-state index is -0.264. The molecule has 2 rings (SSSR count). The molecule has 1 aliphatic carbocycles. The van der Waals surface area contributed by atoms with E-state index in [0.29, 0.717) is 0 Å². The van der Waals surface area contributed by atoms with Gasteiger partial charge in [-0.1, -0.05) is 24.3 Å². The standard InChI is InChI=1S/C13H19NO/c1-10(15)8-11-2-4-12(5-3-11)13(9-14)6-7-13/h2-5,10,15H,6-9,14H2,1H3. The molecule has 0 spiro atoms. The lowest BCUT2D eigenvalue weighted by Gasteiger charge is -2.13. The average molecular weight is 205 g/mol. The molecule has 2 heteroatoms. The molecule has 1 saturated carbocycles. The monoisotopic (exact) mass is 205 g/mol. The zero-order valence-corrected chi connectivity index (χ0v) is 9.24. The largest absolute Gasteiger partial charge is 0.393 e. The maximum Gasteiger partial charge on any atom is 0.0552 e. The van der Waals surface area contributed by atoms with Gasteiger partial charge in [-0.05, 0) is 37.3 Å². The van der Waals surface area contributed by atoms with E-state index in [2.05, 4.69) is 24.3 Å². The number of aliphatic hydroxyl groups is 1. The van der Waals surface area contributed by atoms with Crippen molar-refractivity contribution in [3.8, 4) is 0 Å². The van der Waals surface area contributed by atoms with Crippen LogP contribution in [0, 0.1) is 0 Å². The van der Waals surface area contributed by atoms with Crippen LogP contribution in [0.2, 0.25) is 0 Å². The van der Waals surface area contributed by atoms with Crippen LogP contribution in [-0.2, 0) is 11.8 Å². The van der Waals surface area contributed by atoms with Crippen molar-refractivity contribution < 1.29 is 5.11 Å². The maximum absolute atomic E-state index is 9.27. The van der Waals surface area contributed by atoms with Gasteiger partial charge in [0, 0.05) is 12.0 Å². The fourth-order valence-corrected chi connectivity index (χ4v) is 2.10. The van der Waals surface area contributed by atoms with Crippen molar-refractivity contribution in [3.05, 3.63) is 35.4 Å². The average Bonchev–Trinajstić information content (AvgIpc) is 2.99. The molecule has 3 N–H and O–H groups in total. The van der Waals surface area contributed by atoms with Crippen molar-refractivity contribution in [1.82, 2.24) is 0 Å². The van der Waals surface area contributed by atoms with Gasteiger partial charge in [-0.25, -0.2) is 0 Å². The third-order valence-corrected chi connectivity index (χ3v) is 3.34. The number of aliphatic hydroxyl groups excluding tert-OH is 1. The van der Waals surface area contributed by atoms with E-state index in [9.17, 15) is 5.11 Å². The van der Waals surface area contributed by atoms with E-state index in [1.165, 1.54) is 24.0 Å². The lowest BCUT2D eigenvalue weighted by molar-refractivity contribution is 0.195. The van der Waals surface area contributed by atoms with Gasteiger partial charge >= 0.3 is 0 Å². The first-order chi connectivity index (χ1) is 7.16. The summed E-state index contributed by atoms with van der Waals surface area (Å²) in [5.74, 6) is 0. The van der Waals surface area contributed by atoms with E-state index in [1.54, 1.807) is 0 Å². The first kappa shape index (κ1) is 10.7. The minimum Gasteiger partial charge on any atom is -0.393 e. The second-order valence-electron chi connectivity index (χ2n) is 4.73. The molecule has 15 heavy (non-hydrogen) atoms. The summed E-state index contributed by atoms with van der Waals surface area (Å²) in [5.41, 5.74) is 8.62. The SMILES string of the molecule is CC(O)Cc1ccc(C2(CN)CC2)cc1. The summed E-state index contributed by atoms with van der Waals surface area (Å²) in [5, 5.41) is 9.27. The fraction of sp³-hybridized carbons (Fsp3) is 0.538. The molecule has 0 saturated heterocycles. The van der Waals surface area contributed by atoms with Gasteiger partial charge in [-0.2, -0.15) is 0 Å². The Bertz CT molecular complexity index is 325. The van der Waals surface area contributed by atoms with Gasteiger partial charge in [-0.3, -0.25) is 0 Å². The van der Waals surface area contributed by atoms with Crippen LogP contribution < -0.4 is 5.73 Å². The lowest BCUT2D eigenvalue weighted by Crippen LogP contribution is -2.19. The van der Waals surface area contributed by atoms with E-state index in [1.807, 2.05) is 6.92 Å². The Kier molecular flexibility index (Phi) is 2.81. The summed E-state index contributed by atoms with van der Waals surface area (Å²) in [4.78, 5) is 0. The number of hydrogen-bond acceptors (Lipinski definition) is 2. The van der Waals surface area contributed by atoms with Crippen LogP contribution in [0.25, 0.3) is 0 Å². The van der Waals surface area contributed by atoms with Crippen molar-refractivity contribution >= 4 is 0 Å². The molecule has 0 aromatic heterocycles. The van der Waals surface area contributed by atoms with Crippen LogP contribution in [0.3, 0.4) is 0 Å². The molecule has 2 nitrogen and oxygen atoms in total. The highest BCUT2D eigenvalue weighted by Gasteiger charge is 2.42. The molecular weight excluding hydrogens is 186 g/mol. The molecule has 0 aliphatic heterocycles. The van der Waals surface area contributed by atoms with Crippen molar-refractivity contribution in [1.29, 1.82) is 0 Å². The predicted molar refractivity (Wildman–Crippen MR) is 61.8 cm³/mol. The van der Waals surface area contributed by atoms with Gasteiger partial charge in [0.25, 0.3) is 0 Å².